The second-order valence-corrected chi connectivity index (χ2v) is 7.47. The Labute approximate surface area is 163 Å². The van der Waals surface area contributed by atoms with Crippen molar-refractivity contribution in [1.29, 1.82) is 0 Å². The molecule has 2 fully saturated rings. The minimum Gasteiger partial charge on any atom is -0.494 e. The van der Waals surface area contributed by atoms with Gasteiger partial charge in [0.2, 0.25) is 5.91 Å². The lowest BCUT2D eigenvalue weighted by atomic mass is 9.92. The predicted octanol–water partition coefficient (Wildman–Crippen LogP) is 2.67. The van der Waals surface area contributed by atoms with Gasteiger partial charge in [0.25, 0.3) is 5.91 Å². The smallest absolute Gasteiger partial charge is 0.257 e. The molecular weight excluding hydrogens is 356 g/mol. The highest BCUT2D eigenvalue weighted by Crippen LogP contribution is 2.58. The van der Waals surface area contributed by atoms with Crippen LogP contribution >= 0.6 is 0 Å². The van der Waals surface area contributed by atoms with Gasteiger partial charge >= 0.3 is 0 Å². The van der Waals surface area contributed by atoms with Crippen molar-refractivity contribution in [2.45, 2.75) is 19.3 Å². The van der Waals surface area contributed by atoms with E-state index in [4.69, 9.17) is 4.74 Å². The summed E-state index contributed by atoms with van der Waals surface area (Å²) in [6.07, 6.45) is 6.21. The van der Waals surface area contributed by atoms with Crippen LogP contribution in [0.15, 0.2) is 42.7 Å². The van der Waals surface area contributed by atoms with Crippen LogP contribution in [0.2, 0.25) is 0 Å². The number of piperidine rings is 1. The first-order valence-corrected chi connectivity index (χ1v) is 9.52. The first-order chi connectivity index (χ1) is 13.6. The van der Waals surface area contributed by atoms with Crippen LogP contribution in [0.4, 0.5) is 11.4 Å². The van der Waals surface area contributed by atoms with E-state index >= 15 is 0 Å². The Kier molecular flexibility index (Phi) is 5.00. The van der Waals surface area contributed by atoms with Gasteiger partial charge in [-0.15, -0.1) is 0 Å². The Morgan fingerprint density at radius 1 is 1.21 bits per heavy atom. The van der Waals surface area contributed by atoms with Crippen molar-refractivity contribution in [3.8, 4) is 5.75 Å². The number of hydrogen-bond donors (Lipinski definition) is 3. The summed E-state index contributed by atoms with van der Waals surface area (Å²) in [5.41, 5.74) is 1.85. The van der Waals surface area contributed by atoms with E-state index < -0.39 is 0 Å². The van der Waals surface area contributed by atoms with Crippen molar-refractivity contribution in [3.05, 3.63) is 48.3 Å². The molecule has 1 aromatic heterocycles. The average Bonchev–Trinajstić information content (AvgIpc) is 3.43. The minimum atomic E-state index is -0.269. The van der Waals surface area contributed by atoms with Crippen molar-refractivity contribution in [3.63, 3.8) is 0 Å². The summed E-state index contributed by atoms with van der Waals surface area (Å²) in [6.45, 7) is 1.98. The molecule has 1 saturated carbocycles. The van der Waals surface area contributed by atoms with Crippen LogP contribution in [0.5, 0.6) is 5.75 Å². The van der Waals surface area contributed by atoms with Gasteiger partial charge in [-0.3, -0.25) is 14.6 Å². The Morgan fingerprint density at radius 3 is 2.75 bits per heavy atom. The molecule has 0 radical (unpaired) electrons. The molecule has 1 saturated heterocycles. The van der Waals surface area contributed by atoms with Crippen molar-refractivity contribution in [2.75, 3.05) is 30.8 Å². The Hall–Kier alpha value is -2.93. The summed E-state index contributed by atoms with van der Waals surface area (Å²) >= 11 is 0. The summed E-state index contributed by atoms with van der Waals surface area (Å²) in [5, 5.41) is 9.17. The molecule has 146 valence electrons. The molecule has 1 unspecified atom stereocenters. The quantitative estimate of drug-likeness (QED) is 0.742. The zero-order valence-electron chi connectivity index (χ0n) is 15.8. The van der Waals surface area contributed by atoms with Crippen molar-refractivity contribution < 1.29 is 14.3 Å². The molecule has 1 spiro atoms. The minimum absolute atomic E-state index is 0.0658. The third kappa shape index (κ3) is 3.71. The van der Waals surface area contributed by atoms with Gasteiger partial charge in [0, 0.05) is 30.1 Å². The normalized spacial score (nSPS) is 19.7. The number of aromatic nitrogens is 1. The maximum absolute atomic E-state index is 12.6. The molecule has 7 nitrogen and oxygen atoms in total. The second-order valence-electron chi connectivity index (χ2n) is 7.47. The first kappa shape index (κ1) is 18.4. The molecule has 1 aliphatic heterocycles. The highest BCUT2D eigenvalue weighted by Gasteiger charge is 2.57. The first-order valence-electron chi connectivity index (χ1n) is 9.52. The number of benzene rings is 1. The van der Waals surface area contributed by atoms with E-state index in [-0.39, 0.29) is 23.1 Å². The van der Waals surface area contributed by atoms with Gasteiger partial charge in [0.15, 0.2) is 0 Å². The summed E-state index contributed by atoms with van der Waals surface area (Å²) in [6, 6.07) is 8.63. The molecule has 7 heteroatoms. The van der Waals surface area contributed by atoms with Crippen LogP contribution in [0.1, 0.15) is 29.6 Å². The van der Waals surface area contributed by atoms with Crippen LogP contribution < -0.4 is 20.7 Å². The zero-order valence-corrected chi connectivity index (χ0v) is 15.8. The number of nitrogens with one attached hydrogen (secondary N) is 3. The van der Waals surface area contributed by atoms with Crippen molar-refractivity contribution in [2.24, 2.45) is 11.3 Å². The molecule has 2 amide bonds. The fourth-order valence-corrected chi connectivity index (χ4v) is 3.99. The molecule has 28 heavy (non-hydrogen) atoms. The fourth-order valence-electron chi connectivity index (χ4n) is 3.99. The predicted molar refractivity (Wildman–Crippen MR) is 106 cm³/mol. The van der Waals surface area contributed by atoms with Gasteiger partial charge in [-0.2, -0.15) is 0 Å². The molecule has 2 aliphatic rings. The van der Waals surface area contributed by atoms with Crippen LogP contribution in [0, 0.1) is 11.3 Å². The molecule has 2 aromatic rings. The Bertz CT molecular complexity index is 878. The SMILES string of the molecule is COc1cc(NC(=O)C2CC23CCNCC3)ccc1NC(=O)c1cccnc1. The molecule has 4 rings (SSSR count). The molecule has 2 heterocycles. The number of hydrogen-bond acceptors (Lipinski definition) is 5. The van der Waals surface area contributed by atoms with Gasteiger partial charge in [0.1, 0.15) is 5.75 Å². The van der Waals surface area contributed by atoms with Gasteiger partial charge in [-0.1, -0.05) is 0 Å². The van der Waals surface area contributed by atoms with Crippen molar-refractivity contribution in [1.82, 2.24) is 10.3 Å². The lowest BCUT2D eigenvalue weighted by Crippen LogP contribution is -2.31. The van der Waals surface area contributed by atoms with Crippen LogP contribution in [-0.2, 0) is 4.79 Å². The lowest BCUT2D eigenvalue weighted by molar-refractivity contribution is -0.118. The van der Waals surface area contributed by atoms with E-state index in [2.05, 4.69) is 20.9 Å². The second kappa shape index (κ2) is 7.59. The summed E-state index contributed by atoms with van der Waals surface area (Å²) in [7, 11) is 1.53. The number of rotatable bonds is 5. The molecule has 1 aliphatic carbocycles. The third-order valence-corrected chi connectivity index (χ3v) is 5.75. The van der Waals surface area contributed by atoms with Crippen LogP contribution in [0.3, 0.4) is 0 Å². The number of amides is 2. The van der Waals surface area contributed by atoms with E-state index in [0.717, 1.165) is 32.4 Å². The monoisotopic (exact) mass is 380 g/mol. The Balaban J connectivity index is 1.42. The van der Waals surface area contributed by atoms with E-state index in [1.54, 1.807) is 36.5 Å². The van der Waals surface area contributed by atoms with Crippen molar-refractivity contribution >= 4 is 23.2 Å². The topological polar surface area (TPSA) is 92.4 Å². The summed E-state index contributed by atoms with van der Waals surface area (Å²) in [5.74, 6) is 0.373. The molecule has 1 aromatic carbocycles. The number of anilines is 2. The van der Waals surface area contributed by atoms with Crippen LogP contribution in [-0.4, -0.2) is 37.0 Å². The van der Waals surface area contributed by atoms with Gasteiger partial charge in [-0.25, -0.2) is 0 Å². The van der Waals surface area contributed by atoms with Gasteiger partial charge in [0.05, 0.1) is 18.4 Å². The van der Waals surface area contributed by atoms with Gasteiger partial charge < -0.3 is 20.7 Å². The number of carbonyl (C=O) groups is 2. The maximum atomic E-state index is 12.6. The number of ether oxygens (including phenoxy) is 1. The number of methoxy groups -OCH3 is 1. The number of pyridine rings is 1. The van der Waals surface area contributed by atoms with Gasteiger partial charge in [-0.05, 0) is 62.0 Å². The molecule has 1 atom stereocenters. The average molecular weight is 380 g/mol. The zero-order chi connectivity index (χ0) is 19.6. The number of carbonyl (C=O) groups excluding carboxylic acids is 2. The van der Waals surface area contributed by atoms with E-state index in [1.807, 2.05) is 0 Å². The highest BCUT2D eigenvalue weighted by atomic mass is 16.5. The molecular formula is C21H24N4O3. The Morgan fingerprint density at radius 2 is 2.04 bits per heavy atom. The van der Waals surface area contributed by atoms with E-state index in [0.29, 0.717) is 22.7 Å². The summed E-state index contributed by atoms with van der Waals surface area (Å²) in [4.78, 5) is 28.9. The highest BCUT2D eigenvalue weighted by molar-refractivity contribution is 6.05. The standard InChI is InChI=1S/C21H24N4O3/c1-28-18-11-15(24-20(27)16-12-21(16)6-9-22-10-7-21)4-5-17(18)25-19(26)14-3-2-8-23-13-14/h2-5,8,11,13,16,22H,6-7,9-10,12H2,1H3,(H,24,27)(H,25,26). The molecule has 0 bridgehead atoms. The lowest BCUT2D eigenvalue weighted by Gasteiger charge is -2.23. The van der Waals surface area contributed by atoms with E-state index in [1.165, 1.54) is 13.3 Å². The maximum Gasteiger partial charge on any atom is 0.257 e. The largest absolute Gasteiger partial charge is 0.494 e. The number of nitrogens with zero attached hydrogens (tertiary/aromatic N) is 1. The third-order valence-electron chi connectivity index (χ3n) is 5.75. The fraction of sp³-hybridized carbons (Fsp3) is 0.381. The van der Waals surface area contributed by atoms with E-state index in [9.17, 15) is 9.59 Å². The molecule has 3 N–H and O–H groups in total. The summed E-state index contributed by atoms with van der Waals surface area (Å²) < 4.78 is 5.40. The van der Waals surface area contributed by atoms with Crippen LogP contribution in [0.25, 0.3) is 0 Å².